The zero-order valence-corrected chi connectivity index (χ0v) is 17.7. The molecular weight excluding hydrogens is 416 g/mol. The molecule has 0 bridgehead atoms. The lowest BCUT2D eigenvalue weighted by Gasteiger charge is -2.28. The van der Waals surface area contributed by atoms with Gasteiger partial charge in [0, 0.05) is 19.6 Å². The molecule has 31 heavy (non-hydrogen) atoms. The van der Waals surface area contributed by atoms with Crippen molar-refractivity contribution in [2.45, 2.75) is 37.8 Å². The number of hydrogen-bond acceptors (Lipinski definition) is 7. The molecule has 1 aromatic carbocycles. The lowest BCUT2D eigenvalue weighted by molar-refractivity contribution is 0.565. The third-order valence-electron chi connectivity index (χ3n) is 6.20. The molecule has 1 atom stereocenters. The largest absolute Gasteiger partial charge is 0.368 e. The van der Waals surface area contributed by atoms with Gasteiger partial charge in [0.1, 0.15) is 5.82 Å². The zero-order chi connectivity index (χ0) is 21.3. The number of anilines is 2. The summed E-state index contributed by atoms with van der Waals surface area (Å²) in [4.78, 5) is 34.0. The van der Waals surface area contributed by atoms with E-state index in [1.54, 1.807) is 12.4 Å². The molecule has 158 valence electrons. The summed E-state index contributed by atoms with van der Waals surface area (Å²) < 4.78 is 3.69. The standard InChI is InChI=1S/C21H21ClN8O/c1-28-10-24-16-18(28)26-21(23)27-19(16)29-9-3-6-14(29)17-25-13-5-2-4-12(22)15(13)20(31)30(17)11-7-8-11/h2,4-5,10-11,14H,3,6-9H2,1H3,(H2,23,26,27). The highest BCUT2D eigenvalue weighted by Gasteiger charge is 2.37. The molecule has 1 unspecified atom stereocenters. The van der Waals surface area contributed by atoms with Crippen molar-refractivity contribution in [3.63, 3.8) is 0 Å². The van der Waals surface area contributed by atoms with Crippen LogP contribution in [0.1, 0.15) is 43.6 Å². The van der Waals surface area contributed by atoms with Gasteiger partial charge in [-0.2, -0.15) is 9.97 Å². The zero-order valence-electron chi connectivity index (χ0n) is 17.0. The molecule has 4 heterocycles. The van der Waals surface area contributed by atoms with E-state index in [1.807, 2.05) is 28.3 Å². The van der Waals surface area contributed by atoms with Crippen molar-refractivity contribution < 1.29 is 0 Å². The van der Waals surface area contributed by atoms with Crippen LogP contribution in [0, 0.1) is 0 Å². The van der Waals surface area contributed by atoms with Crippen LogP contribution in [0.3, 0.4) is 0 Å². The van der Waals surface area contributed by atoms with Crippen molar-refractivity contribution in [2.24, 2.45) is 7.05 Å². The molecule has 6 rings (SSSR count). The van der Waals surface area contributed by atoms with Gasteiger partial charge in [-0.3, -0.25) is 9.36 Å². The molecule has 0 spiro atoms. The van der Waals surface area contributed by atoms with Crippen molar-refractivity contribution in [3.05, 3.63) is 45.7 Å². The van der Waals surface area contributed by atoms with Crippen LogP contribution in [0.5, 0.6) is 0 Å². The molecule has 9 nitrogen and oxygen atoms in total. The Morgan fingerprint density at radius 1 is 1.16 bits per heavy atom. The van der Waals surface area contributed by atoms with Crippen LogP contribution in [0.25, 0.3) is 22.1 Å². The van der Waals surface area contributed by atoms with Crippen LogP contribution in [-0.4, -0.2) is 35.6 Å². The summed E-state index contributed by atoms with van der Waals surface area (Å²) in [5, 5.41) is 0.931. The quantitative estimate of drug-likeness (QED) is 0.525. The van der Waals surface area contributed by atoms with Crippen LogP contribution in [0.2, 0.25) is 5.02 Å². The minimum atomic E-state index is -0.101. The fraction of sp³-hybridized carbons (Fsp3) is 0.381. The molecule has 3 aromatic heterocycles. The number of benzene rings is 1. The van der Waals surface area contributed by atoms with Crippen LogP contribution in [0.15, 0.2) is 29.3 Å². The van der Waals surface area contributed by atoms with Crippen LogP contribution < -0.4 is 16.2 Å². The second-order valence-corrected chi connectivity index (χ2v) is 8.70. The van der Waals surface area contributed by atoms with Gasteiger partial charge in [0.2, 0.25) is 5.95 Å². The Bertz CT molecular complexity index is 1410. The summed E-state index contributed by atoms with van der Waals surface area (Å²) in [7, 11) is 1.88. The lowest BCUT2D eigenvalue weighted by Crippen LogP contribution is -2.32. The minimum absolute atomic E-state index is 0.0647. The van der Waals surface area contributed by atoms with E-state index >= 15 is 0 Å². The molecule has 10 heteroatoms. The van der Waals surface area contributed by atoms with Crippen molar-refractivity contribution in [2.75, 3.05) is 17.2 Å². The Balaban J connectivity index is 1.57. The number of aryl methyl sites for hydroxylation is 1. The van der Waals surface area contributed by atoms with E-state index in [-0.39, 0.29) is 23.6 Å². The first-order valence-electron chi connectivity index (χ1n) is 10.4. The van der Waals surface area contributed by atoms with E-state index in [4.69, 9.17) is 22.3 Å². The molecule has 2 aliphatic rings. The second-order valence-electron chi connectivity index (χ2n) is 8.29. The van der Waals surface area contributed by atoms with Crippen molar-refractivity contribution in [1.29, 1.82) is 0 Å². The maximum absolute atomic E-state index is 13.5. The Hall–Kier alpha value is -3.20. The van der Waals surface area contributed by atoms with Crippen molar-refractivity contribution in [1.82, 2.24) is 29.1 Å². The highest BCUT2D eigenvalue weighted by atomic mass is 35.5. The van der Waals surface area contributed by atoms with Gasteiger partial charge < -0.3 is 15.2 Å². The smallest absolute Gasteiger partial charge is 0.263 e. The number of halogens is 1. The average Bonchev–Trinajstić information content (AvgIpc) is 3.34. The molecule has 1 aliphatic heterocycles. The Morgan fingerprint density at radius 3 is 2.81 bits per heavy atom. The van der Waals surface area contributed by atoms with Gasteiger partial charge in [0.15, 0.2) is 17.0 Å². The number of hydrogen-bond donors (Lipinski definition) is 1. The monoisotopic (exact) mass is 436 g/mol. The molecule has 1 saturated carbocycles. The average molecular weight is 437 g/mol. The van der Waals surface area contributed by atoms with Gasteiger partial charge in [-0.1, -0.05) is 17.7 Å². The van der Waals surface area contributed by atoms with Crippen molar-refractivity contribution >= 4 is 45.4 Å². The van der Waals surface area contributed by atoms with Gasteiger partial charge in [-0.15, -0.1) is 0 Å². The summed E-state index contributed by atoms with van der Waals surface area (Å²) >= 11 is 6.38. The maximum Gasteiger partial charge on any atom is 0.263 e. The molecule has 2 N–H and O–H groups in total. The fourth-order valence-corrected chi connectivity index (χ4v) is 4.89. The van der Waals surface area contributed by atoms with Gasteiger partial charge in [-0.25, -0.2) is 9.97 Å². The van der Waals surface area contributed by atoms with Gasteiger partial charge in [0.05, 0.1) is 28.3 Å². The van der Waals surface area contributed by atoms with Crippen LogP contribution in [0.4, 0.5) is 11.8 Å². The topological polar surface area (TPSA) is 108 Å². The number of nitrogens with zero attached hydrogens (tertiary/aromatic N) is 7. The number of imidazole rings is 1. The lowest BCUT2D eigenvalue weighted by atomic mass is 10.1. The van der Waals surface area contributed by atoms with Crippen molar-refractivity contribution in [3.8, 4) is 0 Å². The summed E-state index contributed by atoms with van der Waals surface area (Å²) in [6.07, 6.45) is 5.48. The number of aromatic nitrogens is 6. The SMILES string of the molecule is Cn1cnc2c(N3CCCC3c3nc4cccc(Cl)c4c(=O)n3C3CC3)nc(N)nc21. The molecule has 0 amide bonds. The molecule has 1 saturated heterocycles. The summed E-state index contributed by atoms with van der Waals surface area (Å²) in [6.45, 7) is 0.779. The van der Waals surface area contributed by atoms with Crippen LogP contribution >= 0.6 is 11.6 Å². The van der Waals surface area contributed by atoms with Crippen LogP contribution in [-0.2, 0) is 7.05 Å². The first-order valence-corrected chi connectivity index (χ1v) is 10.8. The Labute approximate surface area is 182 Å². The molecular formula is C21H21ClN8O. The van der Waals surface area contributed by atoms with Gasteiger partial charge >= 0.3 is 0 Å². The third kappa shape index (κ3) is 2.79. The third-order valence-corrected chi connectivity index (χ3v) is 6.51. The molecule has 1 aliphatic carbocycles. The Morgan fingerprint density at radius 2 is 2.00 bits per heavy atom. The van der Waals surface area contributed by atoms with E-state index in [0.717, 1.165) is 38.1 Å². The molecule has 2 fully saturated rings. The van der Waals surface area contributed by atoms with E-state index in [2.05, 4.69) is 19.9 Å². The molecule has 0 radical (unpaired) electrons. The number of nitrogen functional groups attached to an aromatic ring is 1. The second kappa shape index (κ2) is 6.65. The summed E-state index contributed by atoms with van der Waals surface area (Å²) in [6, 6.07) is 5.49. The van der Waals surface area contributed by atoms with E-state index in [0.29, 0.717) is 32.9 Å². The van der Waals surface area contributed by atoms with Gasteiger partial charge in [0.25, 0.3) is 5.56 Å². The van der Waals surface area contributed by atoms with Gasteiger partial charge in [-0.05, 0) is 37.8 Å². The first kappa shape index (κ1) is 18.6. The fourth-order valence-electron chi connectivity index (χ4n) is 4.64. The van der Waals surface area contributed by atoms with E-state index in [1.165, 1.54) is 0 Å². The molecule has 4 aromatic rings. The Kier molecular flexibility index (Phi) is 3.98. The number of fused-ring (bicyclic) bond motifs is 2. The highest BCUT2D eigenvalue weighted by Crippen LogP contribution is 2.41. The number of nitrogens with two attached hydrogens (primary N) is 1. The maximum atomic E-state index is 13.5. The van der Waals surface area contributed by atoms with E-state index in [9.17, 15) is 4.79 Å². The summed E-state index contributed by atoms with van der Waals surface area (Å²) in [5.74, 6) is 1.66. The number of rotatable bonds is 3. The summed E-state index contributed by atoms with van der Waals surface area (Å²) in [5.41, 5.74) is 7.98. The predicted octanol–water partition coefficient (Wildman–Crippen LogP) is 2.99. The van der Waals surface area contributed by atoms with E-state index < -0.39 is 0 Å². The normalized spacial score (nSPS) is 19.0. The minimum Gasteiger partial charge on any atom is -0.368 e. The predicted molar refractivity (Wildman–Crippen MR) is 119 cm³/mol. The highest BCUT2D eigenvalue weighted by molar-refractivity contribution is 6.35. The first-order chi connectivity index (χ1) is 15.0.